The first-order valence-corrected chi connectivity index (χ1v) is 6.83. The minimum atomic E-state index is -5.01. The summed E-state index contributed by atoms with van der Waals surface area (Å²) in [7, 11) is 2.52. The van der Waals surface area contributed by atoms with Crippen LogP contribution in [0.1, 0.15) is 11.1 Å². The van der Waals surface area contributed by atoms with Gasteiger partial charge in [0.05, 0.1) is 30.4 Å². The Hall–Kier alpha value is -2.01. The van der Waals surface area contributed by atoms with Crippen molar-refractivity contribution in [2.24, 2.45) is 0 Å². The number of alkyl halides is 6. The molecule has 1 atom stereocenters. The van der Waals surface area contributed by atoms with Gasteiger partial charge in [-0.1, -0.05) is 0 Å². The van der Waals surface area contributed by atoms with Gasteiger partial charge in [0.1, 0.15) is 0 Å². The molecule has 0 aliphatic carbocycles. The number of methoxy groups -OCH3 is 1. The van der Waals surface area contributed by atoms with Gasteiger partial charge in [0.15, 0.2) is 0 Å². The van der Waals surface area contributed by atoms with Crippen LogP contribution in [0, 0.1) is 0 Å². The van der Waals surface area contributed by atoms with Crippen LogP contribution >= 0.6 is 0 Å². The van der Waals surface area contributed by atoms with E-state index in [9.17, 15) is 36.2 Å². The zero-order valence-corrected chi connectivity index (χ0v) is 13.2. The average molecular weight is 374 g/mol. The Kier molecular flexibility index (Phi) is 6.66. The summed E-state index contributed by atoms with van der Waals surface area (Å²) in [6, 6.07) is -0.233. The van der Waals surface area contributed by atoms with Crippen LogP contribution in [0.5, 0.6) is 0 Å². The number of benzene rings is 1. The van der Waals surface area contributed by atoms with Crippen molar-refractivity contribution in [3.63, 3.8) is 0 Å². The minimum absolute atomic E-state index is 0.0400. The molecule has 2 amide bonds. The Morgan fingerprint density at radius 1 is 1.16 bits per heavy atom. The number of nitrogens with zero attached hydrogens (tertiary/aromatic N) is 1. The summed E-state index contributed by atoms with van der Waals surface area (Å²) in [5, 5.41) is 11.4. The number of likely N-dealkylation sites (N-methyl/N-ethyl adjacent to an activating group) is 1. The quantitative estimate of drug-likeness (QED) is 0.779. The van der Waals surface area contributed by atoms with E-state index < -0.39 is 41.3 Å². The first kappa shape index (κ1) is 21.0. The van der Waals surface area contributed by atoms with Crippen molar-refractivity contribution in [3.05, 3.63) is 29.3 Å². The highest BCUT2D eigenvalue weighted by Gasteiger charge is 2.37. The van der Waals surface area contributed by atoms with Gasteiger partial charge < -0.3 is 20.1 Å². The first-order valence-electron chi connectivity index (χ1n) is 6.83. The molecule has 1 rings (SSSR count). The van der Waals surface area contributed by atoms with Gasteiger partial charge in [-0.2, -0.15) is 26.3 Å². The third-order valence-corrected chi connectivity index (χ3v) is 3.03. The van der Waals surface area contributed by atoms with Crippen LogP contribution in [0.4, 0.5) is 36.8 Å². The van der Waals surface area contributed by atoms with Crippen molar-refractivity contribution < 1.29 is 41.0 Å². The second-order valence-corrected chi connectivity index (χ2v) is 5.21. The summed E-state index contributed by atoms with van der Waals surface area (Å²) in [6.45, 7) is -0.329. The van der Waals surface area contributed by atoms with Crippen molar-refractivity contribution in [1.29, 1.82) is 0 Å². The molecule has 142 valence electrons. The molecule has 1 unspecified atom stereocenters. The lowest BCUT2D eigenvalue weighted by Gasteiger charge is -2.21. The number of anilines is 1. The average Bonchev–Trinajstić information content (AvgIpc) is 2.45. The molecule has 0 heterocycles. The van der Waals surface area contributed by atoms with Gasteiger partial charge in [0.2, 0.25) is 0 Å². The smallest absolute Gasteiger partial charge is 0.389 e. The number of rotatable bonds is 5. The molecule has 0 saturated heterocycles. The number of aliphatic hydroxyl groups is 1. The van der Waals surface area contributed by atoms with Crippen LogP contribution in [0.3, 0.4) is 0 Å². The highest BCUT2D eigenvalue weighted by atomic mass is 19.4. The number of carbonyl (C=O) groups excluding carboxylic acids is 1. The van der Waals surface area contributed by atoms with E-state index in [1.807, 2.05) is 5.32 Å². The second-order valence-electron chi connectivity index (χ2n) is 5.21. The van der Waals surface area contributed by atoms with E-state index in [1.54, 1.807) is 0 Å². The second kappa shape index (κ2) is 7.91. The largest absolute Gasteiger partial charge is 0.416 e. The fourth-order valence-corrected chi connectivity index (χ4v) is 1.89. The Labute approximate surface area is 139 Å². The van der Waals surface area contributed by atoms with Gasteiger partial charge in [-0.05, 0) is 18.2 Å². The molecule has 0 fully saturated rings. The molecular formula is C14H16F6N2O3. The van der Waals surface area contributed by atoms with Crippen LogP contribution < -0.4 is 5.32 Å². The maximum absolute atomic E-state index is 12.8. The Morgan fingerprint density at radius 3 is 2.04 bits per heavy atom. The van der Waals surface area contributed by atoms with Crippen LogP contribution in [-0.2, 0) is 17.1 Å². The summed E-state index contributed by atoms with van der Waals surface area (Å²) >= 11 is 0. The highest BCUT2D eigenvalue weighted by molar-refractivity contribution is 5.89. The number of aliphatic hydroxyl groups excluding tert-OH is 1. The van der Waals surface area contributed by atoms with Crippen molar-refractivity contribution in [2.75, 3.05) is 32.6 Å². The summed E-state index contributed by atoms with van der Waals surface area (Å²) in [6.07, 6.45) is -11.1. The van der Waals surface area contributed by atoms with Gasteiger partial charge >= 0.3 is 18.4 Å². The SMILES string of the molecule is COCC(O)CN(C)C(=O)Nc1cc(C(F)(F)F)cc(C(F)(F)F)c1. The zero-order valence-electron chi connectivity index (χ0n) is 13.2. The summed E-state index contributed by atoms with van der Waals surface area (Å²) in [4.78, 5) is 12.8. The highest BCUT2D eigenvalue weighted by Crippen LogP contribution is 2.37. The van der Waals surface area contributed by atoms with Crippen molar-refractivity contribution in [2.45, 2.75) is 18.5 Å². The molecule has 0 saturated carbocycles. The van der Waals surface area contributed by atoms with E-state index in [2.05, 4.69) is 4.74 Å². The molecule has 25 heavy (non-hydrogen) atoms. The van der Waals surface area contributed by atoms with Crippen LogP contribution in [0.25, 0.3) is 0 Å². The van der Waals surface area contributed by atoms with Gasteiger partial charge in [-0.3, -0.25) is 0 Å². The van der Waals surface area contributed by atoms with Gasteiger partial charge in [0, 0.05) is 19.8 Å². The Morgan fingerprint density at radius 2 is 1.64 bits per heavy atom. The molecule has 5 nitrogen and oxygen atoms in total. The van der Waals surface area contributed by atoms with E-state index in [4.69, 9.17) is 0 Å². The lowest BCUT2D eigenvalue weighted by atomic mass is 10.1. The fourth-order valence-electron chi connectivity index (χ4n) is 1.89. The molecular weight excluding hydrogens is 358 g/mol. The predicted octanol–water partition coefficient (Wildman–Crippen LogP) is 3.20. The third-order valence-electron chi connectivity index (χ3n) is 3.03. The summed E-state index contributed by atoms with van der Waals surface area (Å²) < 4.78 is 81.2. The molecule has 0 aliphatic rings. The molecule has 0 bridgehead atoms. The lowest BCUT2D eigenvalue weighted by Crippen LogP contribution is -2.38. The molecule has 1 aromatic carbocycles. The van der Waals surface area contributed by atoms with Gasteiger partial charge in [0.25, 0.3) is 0 Å². The van der Waals surface area contributed by atoms with Gasteiger partial charge in [-0.15, -0.1) is 0 Å². The predicted molar refractivity (Wildman–Crippen MR) is 76.0 cm³/mol. The monoisotopic (exact) mass is 374 g/mol. The topological polar surface area (TPSA) is 61.8 Å². The first-order chi connectivity index (χ1) is 11.3. The summed E-state index contributed by atoms with van der Waals surface area (Å²) in [5.41, 5.74) is -3.75. The van der Waals surface area contributed by atoms with E-state index in [-0.39, 0.29) is 19.2 Å². The molecule has 1 aromatic rings. The molecule has 0 radical (unpaired) electrons. The molecule has 0 aliphatic heterocycles. The standard InChI is InChI=1S/C14H16F6N2O3/c1-22(6-11(23)7-25-2)12(24)21-10-4-8(13(15,16)17)3-9(5-10)14(18,19)20/h3-5,11,23H,6-7H2,1-2H3,(H,21,24). The van der Waals surface area contributed by atoms with E-state index >= 15 is 0 Å². The maximum Gasteiger partial charge on any atom is 0.416 e. The molecule has 0 aromatic heterocycles. The van der Waals surface area contributed by atoms with Crippen molar-refractivity contribution in [1.82, 2.24) is 4.90 Å². The Balaban J connectivity index is 3.02. The minimum Gasteiger partial charge on any atom is -0.389 e. The third kappa shape index (κ3) is 6.42. The number of halogens is 6. The normalized spacial score (nSPS) is 13.5. The molecule has 0 spiro atoms. The van der Waals surface area contributed by atoms with E-state index in [1.165, 1.54) is 14.2 Å². The number of nitrogens with one attached hydrogen (secondary N) is 1. The fraction of sp³-hybridized carbons (Fsp3) is 0.500. The van der Waals surface area contributed by atoms with Crippen LogP contribution in [0.2, 0.25) is 0 Å². The number of hydrogen-bond donors (Lipinski definition) is 2. The van der Waals surface area contributed by atoms with E-state index in [0.29, 0.717) is 12.1 Å². The molecule has 2 N–H and O–H groups in total. The van der Waals surface area contributed by atoms with Crippen molar-refractivity contribution >= 4 is 11.7 Å². The van der Waals surface area contributed by atoms with Crippen LogP contribution in [-0.4, -0.2) is 49.5 Å². The zero-order chi connectivity index (χ0) is 19.4. The van der Waals surface area contributed by atoms with Crippen LogP contribution in [0.15, 0.2) is 18.2 Å². The summed E-state index contributed by atoms with van der Waals surface area (Å²) in [5.74, 6) is 0. The number of hydrogen-bond acceptors (Lipinski definition) is 3. The van der Waals surface area contributed by atoms with Gasteiger partial charge in [-0.25, -0.2) is 4.79 Å². The number of carbonyl (C=O) groups is 1. The Bertz CT molecular complexity index is 571. The maximum atomic E-state index is 12.8. The van der Waals surface area contributed by atoms with Crippen molar-refractivity contribution in [3.8, 4) is 0 Å². The molecule has 11 heteroatoms. The van der Waals surface area contributed by atoms with E-state index in [0.717, 1.165) is 4.90 Å². The number of ether oxygens (including phenoxy) is 1. The number of amides is 2. The number of urea groups is 1. The lowest BCUT2D eigenvalue weighted by molar-refractivity contribution is -0.143.